The molecule has 0 amide bonds. The Hall–Kier alpha value is -1.58. The van der Waals surface area contributed by atoms with Gasteiger partial charge in [0.1, 0.15) is 0 Å². The lowest BCUT2D eigenvalue weighted by Crippen LogP contribution is -1.94. The quantitative estimate of drug-likeness (QED) is 0.781. The Morgan fingerprint density at radius 2 is 2.29 bits per heavy atom. The Balaban J connectivity index is 2.46. The summed E-state index contributed by atoms with van der Waals surface area (Å²) in [6, 6.07) is 1.77. The average Bonchev–Trinajstić information content (AvgIpc) is 2.47. The van der Waals surface area contributed by atoms with E-state index in [1.165, 1.54) is 0 Å². The molecule has 2 aromatic rings. The van der Waals surface area contributed by atoms with Crippen LogP contribution in [-0.4, -0.2) is 14.6 Å². The second-order valence-electron chi connectivity index (χ2n) is 3.88. The summed E-state index contributed by atoms with van der Waals surface area (Å²) in [6.07, 6.45) is 4.58. The summed E-state index contributed by atoms with van der Waals surface area (Å²) < 4.78 is 1.73. The van der Waals surface area contributed by atoms with Crippen LogP contribution in [0.2, 0.25) is 0 Å². The molecule has 0 radical (unpaired) electrons. The lowest BCUT2D eigenvalue weighted by molar-refractivity contribution is 0.637. The fraction of sp³-hybridized carbons (Fsp3) is 0.400. The first-order valence-corrected chi connectivity index (χ1v) is 4.75. The maximum absolute atomic E-state index is 5.78. The molecule has 0 aliphatic heterocycles. The Bertz CT molecular complexity index is 444. The zero-order valence-corrected chi connectivity index (χ0v) is 8.44. The maximum atomic E-state index is 5.78. The second kappa shape index (κ2) is 3.29. The molecule has 2 heterocycles. The fourth-order valence-electron chi connectivity index (χ4n) is 1.48. The van der Waals surface area contributed by atoms with Crippen LogP contribution in [0.15, 0.2) is 18.5 Å². The number of rotatable bonds is 2. The summed E-state index contributed by atoms with van der Waals surface area (Å²) in [7, 11) is 0. The number of hydrogen-bond acceptors (Lipinski definition) is 3. The van der Waals surface area contributed by atoms with Gasteiger partial charge in [-0.15, -0.1) is 0 Å². The van der Waals surface area contributed by atoms with Crippen LogP contribution in [0.5, 0.6) is 0 Å². The molecule has 14 heavy (non-hydrogen) atoms. The second-order valence-corrected chi connectivity index (χ2v) is 3.88. The van der Waals surface area contributed by atoms with E-state index >= 15 is 0 Å². The standard InChI is InChI=1S/C10H14N4/c1-7(2)5-8-6-14-10(13-8)9(11)3-4-12-14/h3-4,6-7H,5,11H2,1-2H3. The third-order valence-corrected chi connectivity index (χ3v) is 2.06. The highest BCUT2D eigenvalue weighted by atomic mass is 15.2. The highest BCUT2D eigenvalue weighted by molar-refractivity contribution is 5.63. The van der Waals surface area contributed by atoms with Gasteiger partial charge in [0.2, 0.25) is 0 Å². The van der Waals surface area contributed by atoms with E-state index in [0.29, 0.717) is 11.6 Å². The Morgan fingerprint density at radius 3 is 2.93 bits per heavy atom. The molecule has 0 saturated carbocycles. The Kier molecular flexibility index (Phi) is 2.11. The zero-order valence-electron chi connectivity index (χ0n) is 8.44. The molecular weight excluding hydrogens is 176 g/mol. The molecular formula is C10H14N4. The number of anilines is 1. The van der Waals surface area contributed by atoms with Crippen molar-refractivity contribution in [3.05, 3.63) is 24.2 Å². The normalized spacial score (nSPS) is 11.4. The van der Waals surface area contributed by atoms with Crippen LogP contribution in [0.4, 0.5) is 5.69 Å². The van der Waals surface area contributed by atoms with E-state index in [0.717, 1.165) is 17.8 Å². The zero-order chi connectivity index (χ0) is 10.1. The van der Waals surface area contributed by atoms with Gasteiger partial charge in [-0.2, -0.15) is 5.10 Å². The first-order valence-electron chi connectivity index (χ1n) is 4.75. The van der Waals surface area contributed by atoms with Crippen LogP contribution >= 0.6 is 0 Å². The number of nitrogens with zero attached hydrogens (tertiary/aromatic N) is 3. The average molecular weight is 190 g/mol. The van der Waals surface area contributed by atoms with Gasteiger partial charge in [-0.25, -0.2) is 9.50 Å². The van der Waals surface area contributed by atoms with Gasteiger partial charge < -0.3 is 5.73 Å². The van der Waals surface area contributed by atoms with Crippen molar-refractivity contribution in [2.24, 2.45) is 5.92 Å². The number of fused-ring (bicyclic) bond motifs is 1. The molecule has 2 rings (SSSR count). The molecule has 4 heteroatoms. The predicted octanol–water partition coefficient (Wildman–Crippen LogP) is 1.51. The minimum Gasteiger partial charge on any atom is -0.396 e. The van der Waals surface area contributed by atoms with Crippen molar-refractivity contribution in [3.8, 4) is 0 Å². The van der Waals surface area contributed by atoms with Crippen LogP contribution in [0.1, 0.15) is 19.5 Å². The van der Waals surface area contributed by atoms with Gasteiger partial charge in [0.15, 0.2) is 5.65 Å². The van der Waals surface area contributed by atoms with Gasteiger partial charge in [-0.1, -0.05) is 13.8 Å². The van der Waals surface area contributed by atoms with Crippen LogP contribution in [0.25, 0.3) is 5.65 Å². The molecule has 0 atom stereocenters. The van der Waals surface area contributed by atoms with E-state index < -0.39 is 0 Å². The molecule has 0 aliphatic rings. The Labute approximate surface area is 82.8 Å². The topological polar surface area (TPSA) is 56.2 Å². The SMILES string of the molecule is CC(C)Cc1cn2nccc(N)c2n1. The summed E-state index contributed by atoms with van der Waals surface area (Å²) in [6.45, 7) is 4.33. The molecule has 74 valence electrons. The summed E-state index contributed by atoms with van der Waals surface area (Å²) in [5.74, 6) is 0.598. The van der Waals surface area contributed by atoms with Gasteiger partial charge in [-0.3, -0.25) is 0 Å². The lowest BCUT2D eigenvalue weighted by Gasteiger charge is -1.97. The van der Waals surface area contributed by atoms with E-state index in [-0.39, 0.29) is 0 Å². The monoisotopic (exact) mass is 190 g/mol. The van der Waals surface area contributed by atoms with E-state index in [2.05, 4.69) is 23.9 Å². The highest BCUT2D eigenvalue weighted by Gasteiger charge is 2.06. The van der Waals surface area contributed by atoms with Crippen LogP contribution in [0.3, 0.4) is 0 Å². The smallest absolute Gasteiger partial charge is 0.176 e. The molecule has 4 nitrogen and oxygen atoms in total. The molecule has 2 N–H and O–H groups in total. The fourth-order valence-corrected chi connectivity index (χ4v) is 1.48. The van der Waals surface area contributed by atoms with Crippen molar-refractivity contribution in [1.82, 2.24) is 14.6 Å². The van der Waals surface area contributed by atoms with Crippen LogP contribution in [0, 0.1) is 5.92 Å². The lowest BCUT2D eigenvalue weighted by atomic mass is 10.1. The third-order valence-electron chi connectivity index (χ3n) is 2.06. The summed E-state index contributed by atoms with van der Waals surface area (Å²) >= 11 is 0. The summed E-state index contributed by atoms with van der Waals surface area (Å²) in [5, 5.41) is 4.14. The summed E-state index contributed by atoms with van der Waals surface area (Å²) in [5.41, 5.74) is 8.25. The molecule has 0 fully saturated rings. The molecule has 0 saturated heterocycles. The molecule has 0 unspecified atom stereocenters. The number of aromatic nitrogens is 3. The first-order chi connectivity index (χ1) is 6.66. The molecule has 2 aromatic heterocycles. The van der Waals surface area contributed by atoms with Gasteiger partial charge in [-0.05, 0) is 18.4 Å². The number of nitrogens with two attached hydrogens (primary N) is 1. The first kappa shape index (κ1) is 8.99. The predicted molar refractivity (Wildman–Crippen MR) is 55.9 cm³/mol. The van der Waals surface area contributed by atoms with Crippen molar-refractivity contribution in [2.45, 2.75) is 20.3 Å². The van der Waals surface area contributed by atoms with Crippen molar-refractivity contribution in [3.63, 3.8) is 0 Å². The molecule has 0 bridgehead atoms. The van der Waals surface area contributed by atoms with E-state index in [1.807, 2.05) is 6.20 Å². The highest BCUT2D eigenvalue weighted by Crippen LogP contribution is 2.13. The van der Waals surface area contributed by atoms with Gasteiger partial charge >= 0.3 is 0 Å². The number of nitrogen functional groups attached to an aromatic ring is 1. The van der Waals surface area contributed by atoms with E-state index in [9.17, 15) is 0 Å². The van der Waals surface area contributed by atoms with Crippen molar-refractivity contribution >= 4 is 11.3 Å². The largest absolute Gasteiger partial charge is 0.396 e. The number of imidazole rings is 1. The molecule has 0 spiro atoms. The molecule has 0 aromatic carbocycles. The Morgan fingerprint density at radius 1 is 1.50 bits per heavy atom. The molecule has 0 aliphatic carbocycles. The van der Waals surface area contributed by atoms with Crippen molar-refractivity contribution in [2.75, 3.05) is 5.73 Å². The van der Waals surface area contributed by atoms with Crippen LogP contribution < -0.4 is 5.73 Å². The van der Waals surface area contributed by atoms with Gasteiger partial charge in [0, 0.05) is 0 Å². The maximum Gasteiger partial charge on any atom is 0.176 e. The van der Waals surface area contributed by atoms with Gasteiger partial charge in [0.25, 0.3) is 0 Å². The minimum atomic E-state index is 0.598. The number of hydrogen-bond donors (Lipinski definition) is 1. The van der Waals surface area contributed by atoms with Crippen LogP contribution in [-0.2, 0) is 6.42 Å². The van der Waals surface area contributed by atoms with Crippen molar-refractivity contribution in [1.29, 1.82) is 0 Å². The van der Waals surface area contributed by atoms with Crippen molar-refractivity contribution < 1.29 is 0 Å². The third kappa shape index (κ3) is 1.55. The minimum absolute atomic E-state index is 0.598. The van der Waals surface area contributed by atoms with E-state index in [4.69, 9.17) is 5.73 Å². The van der Waals surface area contributed by atoms with E-state index in [1.54, 1.807) is 16.8 Å². The summed E-state index contributed by atoms with van der Waals surface area (Å²) in [4.78, 5) is 4.43. The van der Waals surface area contributed by atoms with Gasteiger partial charge in [0.05, 0.1) is 23.8 Å².